The van der Waals surface area contributed by atoms with E-state index in [4.69, 9.17) is 9.84 Å². The van der Waals surface area contributed by atoms with E-state index in [1.807, 2.05) is 20.8 Å². The number of rotatable bonds is 5. The SMILES string of the molecule is CC(C)(C)OC(=O)NC[C@H]1CC[C@H](CCCO)CC1. The van der Waals surface area contributed by atoms with Crippen molar-refractivity contribution in [1.29, 1.82) is 0 Å². The Labute approximate surface area is 116 Å². The molecule has 0 atom stereocenters. The average molecular weight is 271 g/mol. The molecule has 1 fully saturated rings. The van der Waals surface area contributed by atoms with Crippen molar-refractivity contribution >= 4 is 6.09 Å². The van der Waals surface area contributed by atoms with Gasteiger partial charge in [0.05, 0.1) is 0 Å². The van der Waals surface area contributed by atoms with E-state index in [2.05, 4.69) is 5.32 Å². The summed E-state index contributed by atoms with van der Waals surface area (Å²) in [5.74, 6) is 1.35. The molecule has 2 N–H and O–H groups in total. The number of hydrogen-bond acceptors (Lipinski definition) is 3. The lowest BCUT2D eigenvalue weighted by Crippen LogP contribution is -2.36. The van der Waals surface area contributed by atoms with Crippen LogP contribution < -0.4 is 5.32 Å². The number of carbonyl (C=O) groups is 1. The molecule has 4 nitrogen and oxygen atoms in total. The van der Waals surface area contributed by atoms with E-state index in [0.29, 0.717) is 12.5 Å². The minimum absolute atomic E-state index is 0.306. The minimum Gasteiger partial charge on any atom is -0.444 e. The maximum absolute atomic E-state index is 11.5. The molecule has 0 radical (unpaired) electrons. The Balaban J connectivity index is 2.14. The molecule has 19 heavy (non-hydrogen) atoms. The Kier molecular flexibility index (Phi) is 6.63. The first-order valence-electron chi connectivity index (χ1n) is 7.48. The van der Waals surface area contributed by atoms with Gasteiger partial charge in [0, 0.05) is 13.2 Å². The third kappa shape index (κ3) is 7.41. The summed E-state index contributed by atoms with van der Waals surface area (Å²) in [5.41, 5.74) is -0.425. The Morgan fingerprint density at radius 3 is 2.32 bits per heavy atom. The summed E-state index contributed by atoms with van der Waals surface area (Å²) in [4.78, 5) is 11.5. The number of carbonyl (C=O) groups excluding carboxylic acids is 1. The quantitative estimate of drug-likeness (QED) is 0.808. The lowest BCUT2D eigenvalue weighted by Gasteiger charge is -2.29. The van der Waals surface area contributed by atoms with Crippen molar-refractivity contribution in [2.75, 3.05) is 13.2 Å². The van der Waals surface area contributed by atoms with Crippen LogP contribution >= 0.6 is 0 Å². The molecule has 0 spiro atoms. The predicted molar refractivity (Wildman–Crippen MR) is 76.0 cm³/mol. The normalized spacial score (nSPS) is 24.0. The van der Waals surface area contributed by atoms with Crippen LogP contribution in [0, 0.1) is 11.8 Å². The molecular weight excluding hydrogens is 242 g/mol. The van der Waals surface area contributed by atoms with Crippen LogP contribution in [0.25, 0.3) is 0 Å². The first-order valence-corrected chi connectivity index (χ1v) is 7.48. The van der Waals surface area contributed by atoms with Gasteiger partial charge in [0.2, 0.25) is 0 Å². The molecule has 1 aliphatic carbocycles. The number of aliphatic hydroxyl groups excluding tert-OH is 1. The summed E-state index contributed by atoms with van der Waals surface area (Å²) in [7, 11) is 0. The highest BCUT2D eigenvalue weighted by molar-refractivity contribution is 5.67. The molecule has 0 heterocycles. The Morgan fingerprint density at radius 2 is 1.79 bits per heavy atom. The lowest BCUT2D eigenvalue weighted by atomic mass is 9.80. The predicted octanol–water partition coefficient (Wildman–Crippen LogP) is 3.09. The summed E-state index contributed by atoms with van der Waals surface area (Å²) < 4.78 is 5.23. The van der Waals surface area contributed by atoms with Crippen LogP contribution in [0.3, 0.4) is 0 Å². The van der Waals surface area contributed by atoms with Crippen LogP contribution in [0.1, 0.15) is 59.3 Å². The zero-order chi connectivity index (χ0) is 14.3. The fourth-order valence-corrected chi connectivity index (χ4v) is 2.65. The van der Waals surface area contributed by atoms with Crippen molar-refractivity contribution in [3.05, 3.63) is 0 Å². The Hall–Kier alpha value is -0.770. The topological polar surface area (TPSA) is 58.6 Å². The molecule has 1 aliphatic rings. The highest BCUT2D eigenvalue weighted by atomic mass is 16.6. The maximum atomic E-state index is 11.5. The largest absolute Gasteiger partial charge is 0.444 e. The molecular formula is C15H29NO3. The first kappa shape index (κ1) is 16.3. The number of hydrogen-bond donors (Lipinski definition) is 2. The highest BCUT2D eigenvalue weighted by Gasteiger charge is 2.22. The second-order valence-electron chi connectivity index (χ2n) is 6.64. The van der Waals surface area contributed by atoms with E-state index in [9.17, 15) is 4.79 Å². The molecule has 0 bridgehead atoms. The minimum atomic E-state index is -0.425. The number of aliphatic hydroxyl groups is 1. The zero-order valence-corrected chi connectivity index (χ0v) is 12.6. The summed E-state index contributed by atoms with van der Waals surface area (Å²) >= 11 is 0. The van der Waals surface area contributed by atoms with Crippen molar-refractivity contribution in [3.8, 4) is 0 Å². The molecule has 1 amide bonds. The van der Waals surface area contributed by atoms with Gasteiger partial charge in [-0.3, -0.25) is 0 Å². The van der Waals surface area contributed by atoms with Gasteiger partial charge in [-0.1, -0.05) is 12.8 Å². The van der Waals surface area contributed by atoms with E-state index in [0.717, 1.165) is 25.3 Å². The van der Waals surface area contributed by atoms with Gasteiger partial charge >= 0.3 is 6.09 Å². The van der Waals surface area contributed by atoms with Gasteiger partial charge in [-0.2, -0.15) is 0 Å². The molecule has 0 aromatic rings. The van der Waals surface area contributed by atoms with Crippen molar-refractivity contribution in [1.82, 2.24) is 5.32 Å². The lowest BCUT2D eigenvalue weighted by molar-refractivity contribution is 0.0513. The van der Waals surface area contributed by atoms with Crippen LogP contribution in [-0.2, 0) is 4.74 Å². The van der Waals surface area contributed by atoms with Crippen LogP contribution in [-0.4, -0.2) is 30.0 Å². The van der Waals surface area contributed by atoms with Crippen LogP contribution in [0.4, 0.5) is 4.79 Å². The highest BCUT2D eigenvalue weighted by Crippen LogP contribution is 2.31. The van der Waals surface area contributed by atoms with E-state index in [-0.39, 0.29) is 6.09 Å². The smallest absolute Gasteiger partial charge is 0.407 e. The molecule has 1 saturated carbocycles. The van der Waals surface area contributed by atoms with Crippen LogP contribution in [0.5, 0.6) is 0 Å². The molecule has 0 unspecified atom stereocenters. The van der Waals surface area contributed by atoms with E-state index < -0.39 is 5.60 Å². The fraction of sp³-hybridized carbons (Fsp3) is 0.933. The maximum Gasteiger partial charge on any atom is 0.407 e. The van der Waals surface area contributed by atoms with Crippen molar-refractivity contribution in [2.24, 2.45) is 11.8 Å². The number of nitrogens with one attached hydrogen (secondary N) is 1. The Bertz CT molecular complexity index is 265. The van der Waals surface area contributed by atoms with Crippen molar-refractivity contribution in [2.45, 2.75) is 64.9 Å². The summed E-state index contributed by atoms with van der Waals surface area (Å²) in [5, 5.41) is 11.7. The summed E-state index contributed by atoms with van der Waals surface area (Å²) in [6.07, 6.45) is 6.54. The second-order valence-corrected chi connectivity index (χ2v) is 6.64. The fourth-order valence-electron chi connectivity index (χ4n) is 2.65. The van der Waals surface area contributed by atoms with Crippen LogP contribution in [0.2, 0.25) is 0 Å². The average Bonchev–Trinajstić information content (AvgIpc) is 2.33. The molecule has 0 aromatic heterocycles. The van der Waals surface area contributed by atoms with Gasteiger partial charge < -0.3 is 15.2 Å². The van der Waals surface area contributed by atoms with E-state index in [1.54, 1.807) is 0 Å². The number of alkyl carbamates (subject to hydrolysis) is 1. The second kappa shape index (κ2) is 7.73. The van der Waals surface area contributed by atoms with Crippen molar-refractivity contribution in [3.63, 3.8) is 0 Å². The molecule has 1 rings (SSSR count). The number of amides is 1. The van der Waals surface area contributed by atoms with Gasteiger partial charge in [-0.15, -0.1) is 0 Å². The van der Waals surface area contributed by atoms with Gasteiger partial charge in [0.1, 0.15) is 5.60 Å². The van der Waals surface area contributed by atoms with Crippen molar-refractivity contribution < 1.29 is 14.6 Å². The number of ether oxygens (including phenoxy) is 1. The monoisotopic (exact) mass is 271 g/mol. The van der Waals surface area contributed by atoms with Gasteiger partial charge in [-0.25, -0.2) is 4.79 Å². The van der Waals surface area contributed by atoms with E-state index in [1.165, 1.54) is 25.7 Å². The third-order valence-corrected chi connectivity index (χ3v) is 3.67. The summed E-state index contributed by atoms with van der Waals surface area (Å²) in [6.45, 7) is 6.65. The third-order valence-electron chi connectivity index (χ3n) is 3.67. The first-order chi connectivity index (χ1) is 8.90. The van der Waals surface area contributed by atoms with Gasteiger partial charge in [0.15, 0.2) is 0 Å². The molecule has 0 aromatic carbocycles. The molecule has 0 aliphatic heterocycles. The molecule has 4 heteroatoms. The standard InChI is InChI=1S/C15H29NO3/c1-15(2,3)19-14(18)16-11-13-8-6-12(7-9-13)5-4-10-17/h12-13,17H,4-11H2,1-3H3,(H,16,18)/t12-,13-. The molecule has 112 valence electrons. The summed E-state index contributed by atoms with van der Waals surface area (Å²) in [6, 6.07) is 0. The van der Waals surface area contributed by atoms with E-state index >= 15 is 0 Å². The van der Waals surface area contributed by atoms with Crippen LogP contribution in [0.15, 0.2) is 0 Å². The van der Waals surface area contributed by atoms with Gasteiger partial charge in [-0.05, 0) is 58.3 Å². The molecule has 0 saturated heterocycles. The van der Waals surface area contributed by atoms with Gasteiger partial charge in [0.25, 0.3) is 0 Å². The zero-order valence-electron chi connectivity index (χ0n) is 12.6. The Morgan fingerprint density at radius 1 is 1.21 bits per heavy atom.